The van der Waals surface area contributed by atoms with Gasteiger partial charge in [0.15, 0.2) is 0 Å². The van der Waals surface area contributed by atoms with Crippen LogP contribution in [0.2, 0.25) is 0 Å². The molecule has 1 atom stereocenters. The Morgan fingerprint density at radius 1 is 1.11 bits per heavy atom. The molecule has 0 aromatic heterocycles. The van der Waals surface area contributed by atoms with E-state index in [-0.39, 0.29) is 30.4 Å². The summed E-state index contributed by atoms with van der Waals surface area (Å²) in [6.45, 7) is 0.126. The van der Waals surface area contributed by atoms with Crippen LogP contribution in [0.25, 0.3) is 11.1 Å². The molecule has 1 unspecified atom stereocenters. The van der Waals surface area contributed by atoms with Crippen LogP contribution in [0.1, 0.15) is 29.9 Å². The van der Waals surface area contributed by atoms with Gasteiger partial charge in [-0.2, -0.15) is 0 Å². The van der Waals surface area contributed by atoms with Gasteiger partial charge in [-0.25, -0.2) is 9.59 Å². The Balaban J connectivity index is 1.67. The smallest absolute Gasteiger partial charge is 0.407 e. The molecule has 0 heterocycles. The summed E-state index contributed by atoms with van der Waals surface area (Å²) in [6.07, 6.45) is -0.419. The molecule has 1 aliphatic carbocycles. The molecular weight excluding hydrogens is 364 g/mol. The van der Waals surface area contributed by atoms with Crippen molar-refractivity contribution in [1.82, 2.24) is 5.32 Å². The highest BCUT2D eigenvalue weighted by Gasteiger charge is 2.29. The minimum Gasteiger partial charge on any atom is -0.480 e. The quantitative estimate of drug-likeness (QED) is 0.634. The molecule has 7 heteroatoms. The molecule has 0 aliphatic heterocycles. The molecule has 0 fully saturated rings. The fourth-order valence-electron chi connectivity index (χ4n) is 3.33. The number of fused-ring (bicyclic) bond motifs is 3. The minimum atomic E-state index is -1.15. The molecule has 2 aromatic rings. The number of thiocarbonyl (C=S) groups is 1. The number of hydrogen-bond acceptors (Lipinski definition) is 4. The number of amides is 1. The van der Waals surface area contributed by atoms with Gasteiger partial charge in [0, 0.05) is 12.3 Å². The number of carbonyl (C=O) groups is 2. The lowest BCUT2D eigenvalue weighted by atomic mass is 9.98. The molecule has 0 spiro atoms. The average molecular weight is 384 g/mol. The number of ether oxygens (including phenoxy) is 1. The van der Waals surface area contributed by atoms with Gasteiger partial charge in [0.25, 0.3) is 0 Å². The fourth-order valence-corrected chi connectivity index (χ4v) is 3.44. The van der Waals surface area contributed by atoms with Crippen molar-refractivity contribution in [3.8, 4) is 11.1 Å². The molecule has 140 valence electrons. The predicted molar refractivity (Wildman–Crippen MR) is 106 cm³/mol. The van der Waals surface area contributed by atoms with Crippen molar-refractivity contribution in [2.75, 3.05) is 6.61 Å². The lowest BCUT2D eigenvalue weighted by Gasteiger charge is -2.17. The zero-order valence-corrected chi connectivity index (χ0v) is 15.4. The molecule has 2 aromatic carbocycles. The first-order valence-electron chi connectivity index (χ1n) is 8.60. The molecule has 0 bridgehead atoms. The molecule has 0 saturated heterocycles. The maximum atomic E-state index is 12.1. The van der Waals surface area contributed by atoms with Crippen molar-refractivity contribution in [1.29, 1.82) is 0 Å². The molecule has 4 N–H and O–H groups in total. The summed E-state index contributed by atoms with van der Waals surface area (Å²) in [5, 5.41) is 11.6. The summed E-state index contributed by atoms with van der Waals surface area (Å²) in [5.74, 6) is -1.23. The van der Waals surface area contributed by atoms with Crippen molar-refractivity contribution >= 4 is 29.3 Å². The van der Waals surface area contributed by atoms with Crippen molar-refractivity contribution in [2.45, 2.75) is 24.8 Å². The Morgan fingerprint density at radius 2 is 1.67 bits per heavy atom. The minimum absolute atomic E-state index is 0.0805. The maximum Gasteiger partial charge on any atom is 0.407 e. The van der Waals surface area contributed by atoms with Gasteiger partial charge in [-0.1, -0.05) is 60.7 Å². The van der Waals surface area contributed by atoms with Gasteiger partial charge in [-0.15, -0.1) is 0 Å². The van der Waals surface area contributed by atoms with Gasteiger partial charge >= 0.3 is 12.1 Å². The van der Waals surface area contributed by atoms with E-state index in [4.69, 9.17) is 22.7 Å². The van der Waals surface area contributed by atoms with E-state index in [1.54, 1.807) is 0 Å². The van der Waals surface area contributed by atoms with Crippen molar-refractivity contribution in [3.05, 3.63) is 59.7 Å². The van der Waals surface area contributed by atoms with Crippen LogP contribution in [0.3, 0.4) is 0 Å². The highest BCUT2D eigenvalue weighted by molar-refractivity contribution is 7.80. The first kappa shape index (κ1) is 18.8. The maximum absolute atomic E-state index is 12.1. The van der Waals surface area contributed by atoms with Crippen LogP contribution in [-0.4, -0.2) is 34.8 Å². The van der Waals surface area contributed by atoms with Crippen LogP contribution >= 0.6 is 12.2 Å². The van der Waals surface area contributed by atoms with E-state index in [1.807, 2.05) is 48.5 Å². The molecular formula is C20H20N2O4S. The predicted octanol–water partition coefficient (Wildman–Crippen LogP) is 3.04. The summed E-state index contributed by atoms with van der Waals surface area (Å²) in [4.78, 5) is 23.6. The number of carboxylic acid groups (broad SMARTS) is 1. The number of nitrogens with one attached hydrogen (secondary N) is 1. The highest BCUT2D eigenvalue weighted by atomic mass is 32.1. The second-order valence-electron chi connectivity index (χ2n) is 6.37. The summed E-state index contributed by atoms with van der Waals surface area (Å²) in [7, 11) is 0. The Labute approximate surface area is 162 Å². The Bertz CT molecular complexity index is 838. The molecule has 3 rings (SSSR count). The zero-order valence-electron chi connectivity index (χ0n) is 14.6. The zero-order chi connectivity index (χ0) is 19.4. The van der Waals surface area contributed by atoms with Gasteiger partial charge < -0.3 is 20.9 Å². The molecule has 0 radical (unpaired) electrons. The van der Waals surface area contributed by atoms with Crippen molar-refractivity contribution in [3.63, 3.8) is 0 Å². The molecule has 27 heavy (non-hydrogen) atoms. The first-order valence-corrected chi connectivity index (χ1v) is 9.01. The van der Waals surface area contributed by atoms with E-state index in [1.165, 1.54) is 0 Å². The van der Waals surface area contributed by atoms with Crippen LogP contribution < -0.4 is 11.1 Å². The summed E-state index contributed by atoms with van der Waals surface area (Å²) < 4.78 is 5.35. The third kappa shape index (κ3) is 4.25. The number of rotatable bonds is 7. The summed E-state index contributed by atoms with van der Waals surface area (Å²) in [6, 6.07) is 14.9. The van der Waals surface area contributed by atoms with E-state index >= 15 is 0 Å². The van der Waals surface area contributed by atoms with Gasteiger partial charge in [0.05, 0.1) is 4.99 Å². The number of aliphatic carboxylic acids is 1. The van der Waals surface area contributed by atoms with Crippen LogP contribution in [0.15, 0.2) is 48.5 Å². The van der Waals surface area contributed by atoms with Crippen LogP contribution in [-0.2, 0) is 9.53 Å². The second-order valence-corrected chi connectivity index (χ2v) is 6.89. The molecule has 6 nitrogen and oxygen atoms in total. The van der Waals surface area contributed by atoms with Gasteiger partial charge in [-0.3, -0.25) is 0 Å². The number of alkyl carbamates (subject to hydrolysis) is 1. The van der Waals surface area contributed by atoms with Gasteiger partial charge in [-0.05, 0) is 28.7 Å². The van der Waals surface area contributed by atoms with Crippen LogP contribution in [0, 0.1) is 0 Å². The van der Waals surface area contributed by atoms with Crippen LogP contribution in [0.5, 0.6) is 0 Å². The lowest BCUT2D eigenvalue weighted by molar-refractivity contribution is -0.139. The van der Waals surface area contributed by atoms with Crippen molar-refractivity contribution < 1.29 is 19.4 Å². The van der Waals surface area contributed by atoms with Crippen molar-refractivity contribution in [2.24, 2.45) is 5.73 Å². The molecule has 0 saturated carbocycles. The Hall–Kier alpha value is -2.93. The number of carbonyl (C=O) groups excluding carboxylic acids is 1. The van der Waals surface area contributed by atoms with Gasteiger partial charge in [0.2, 0.25) is 0 Å². The first-order chi connectivity index (χ1) is 13.0. The lowest BCUT2D eigenvalue weighted by Crippen LogP contribution is -2.41. The summed E-state index contributed by atoms with van der Waals surface area (Å²) in [5.41, 5.74) is 9.84. The number of carboxylic acids is 1. The SMILES string of the molecule is NC(=S)CCC(NC(=O)OCC1c2ccccc2-c2ccccc21)C(=O)O. The molecule has 1 amide bonds. The number of hydrogen-bond donors (Lipinski definition) is 3. The second kappa shape index (κ2) is 8.18. The standard InChI is InChI=1S/C20H20N2O4S/c21-18(27)10-9-17(19(23)24)22-20(25)26-11-16-14-7-3-1-5-12(14)13-6-2-4-8-15(13)16/h1-8,16-17H,9-11H2,(H2,21,27)(H,22,25)(H,23,24). The van der Waals surface area contributed by atoms with Crippen LogP contribution in [0.4, 0.5) is 4.79 Å². The van der Waals surface area contributed by atoms with E-state index in [9.17, 15) is 14.7 Å². The van der Waals surface area contributed by atoms with Gasteiger partial charge in [0.1, 0.15) is 12.6 Å². The summed E-state index contributed by atoms with van der Waals surface area (Å²) >= 11 is 4.75. The third-order valence-corrected chi connectivity index (χ3v) is 4.82. The fraction of sp³-hybridized carbons (Fsp3) is 0.250. The Morgan fingerprint density at radius 3 is 2.19 bits per heavy atom. The Kier molecular flexibility index (Phi) is 5.71. The largest absolute Gasteiger partial charge is 0.480 e. The average Bonchev–Trinajstić information content (AvgIpc) is 2.97. The monoisotopic (exact) mass is 384 g/mol. The molecule has 1 aliphatic rings. The number of benzene rings is 2. The van der Waals surface area contributed by atoms with E-state index in [2.05, 4.69) is 5.32 Å². The topological polar surface area (TPSA) is 102 Å². The van der Waals surface area contributed by atoms with E-state index in [0.717, 1.165) is 22.3 Å². The van der Waals surface area contributed by atoms with E-state index < -0.39 is 18.1 Å². The highest BCUT2D eigenvalue weighted by Crippen LogP contribution is 2.44. The van der Waals surface area contributed by atoms with E-state index in [0.29, 0.717) is 0 Å². The number of nitrogens with two attached hydrogens (primary N) is 1. The normalized spacial score (nSPS) is 13.3. The third-order valence-electron chi connectivity index (χ3n) is 4.61.